The lowest BCUT2D eigenvalue weighted by molar-refractivity contribution is -0.141. The van der Waals surface area contributed by atoms with Crippen LogP contribution in [-0.4, -0.2) is 24.9 Å². The molecule has 0 aromatic carbocycles. The van der Waals surface area contributed by atoms with E-state index in [2.05, 4.69) is 20.2 Å². The van der Waals surface area contributed by atoms with Gasteiger partial charge in [0.25, 0.3) is 5.56 Å². The molecule has 0 bridgehead atoms. The molecule has 7 nitrogen and oxygen atoms in total. The fourth-order valence-electron chi connectivity index (χ4n) is 2.45. The van der Waals surface area contributed by atoms with Crippen molar-refractivity contribution in [2.75, 3.05) is 0 Å². The van der Waals surface area contributed by atoms with E-state index in [-0.39, 0.29) is 34.8 Å². The van der Waals surface area contributed by atoms with Gasteiger partial charge in [-0.2, -0.15) is 23.3 Å². The average Bonchev–Trinajstić information content (AvgIpc) is 3.14. The maximum Gasteiger partial charge on any atom is 0.435 e. The normalized spacial score (nSPS) is 12.6. The van der Waals surface area contributed by atoms with Gasteiger partial charge in [-0.15, -0.1) is 0 Å². The van der Waals surface area contributed by atoms with Gasteiger partial charge in [0.2, 0.25) is 11.7 Å². The van der Waals surface area contributed by atoms with Gasteiger partial charge in [-0.25, -0.2) is 0 Å². The van der Waals surface area contributed by atoms with Crippen molar-refractivity contribution in [2.45, 2.75) is 45.8 Å². The summed E-state index contributed by atoms with van der Waals surface area (Å²) in [7, 11) is 0. The second-order valence-corrected chi connectivity index (χ2v) is 7.20. The van der Waals surface area contributed by atoms with Crippen molar-refractivity contribution in [3.8, 4) is 11.4 Å². The molecule has 0 fully saturated rings. The number of aromatic nitrogens is 5. The molecule has 0 saturated carbocycles. The number of nitrogens with zero attached hydrogens (tertiary/aromatic N) is 4. The molecule has 0 aliphatic carbocycles. The number of H-pyrrole nitrogens is 1. The van der Waals surface area contributed by atoms with Crippen LogP contribution in [0.2, 0.25) is 0 Å². The lowest BCUT2D eigenvalue weighted by atomic mass is 9.91. The van der Waals surface area contributed by atoms with Crippen LogP contribution in [0.15, 0.2) is 27.5 Å². The van der Waals surface area contributed by atoms with E-state index in [0.29, 0.717) is 5.69 Å². The van der Waals surface area contributed by atoms with Crippen LogP contribution < -0.4 is 5.56 Å². The Morgan fingerprint density at radius 3 is 2.48 bits per heavy atom. The van der Waals surface area contributed by atoms with Gasteiger partial charge in [0.15, 0.2) is 5.69 Å². The molecule has 0 amide bonds. The molecule has 10 heteroatoms. The van der Waals surface area contributed by atoms with E-state index in [9.17, 15) is 18.0 Å². The van der Waals surface area contributed by atoms with E-state index in [0.717, 1.165) is 16.4 Å². The van der Waals surface area contributed by atoms with Crippen molar-refractivity contribution in [1.29, 1.82) is 0 Å². The van der Waals surface area contributed by atoms with Gasteiger partial charge in [-0.05, 0) is 25.1 Å². The molecule has 3 aromatic rings. The third-order valence-electron chi connectivity index (χ3n) is 3.98. The number of aryl methyl sites for hydroxylation is 1. The predicted molar refractivity (Wildman–Crippen MR) is 90.1 cm³/mol. The fourth-order valence-corrected chi connectivity index (χ4v) is 2.45. The fraction of sp³-hybridized carbons (Fsp3) is 0.412. The zero-order valence-electron chi connectivity index (χ0n) is 15.2. The lowest BCUT2D eigenvalue weighted by Gasteiger charge is -2.18. The van der Waals surface area contributed by atoms with Crippen LogP contribution in [0, 0.1) is 6.92 Å². The Bertz CT molecular complexity index is 1020. The summed E-state index contributed by atoms with van der Waals surface area (Å²) in [6, 6.07) is 4.29. The number of pyridine rings is 1. The summed E-state index contributed by atoms with van der Waals surface area (Å²) in [5, 5.41) is 7.26. The summed E-state index contributed by atoms with van der Waals surface area (Å²) in [5.74, 6) is 0.108. The molecule has 3 aromatic heterocycles. The van der Waals surface area contributed by atoms with Crippen LogP contribution in [0.3, 0.4) is 0 Å². The molecular weight excluding hydrogens is 363 g/mol. The van der Waals surface area contributed by atoms with Gasteiger partial charge in [0.05, 0.1) is 5.56 Å². The number of halogens is 3. The molecule has 0 unspecified atom stereocenters. The Balaban J connectivity index is 1.86. The van der Waals surface area contributed by atoms with E-state index in [4.69, 9.17) is 4.52 Å². The zero-order chi connectivity index (χ0) is 20.0. The SMILES string of the molecule is Cc1cc(C(F)(F)F)nn1Cc1nc(-c2ccc(C(C)(C)C)[nH]c2=O)no1. The van der Waals surface area contributed by atoms with Crippen LogP contribution in [0.25, 0.3) is 11.4 Å². The minimum atomic E-state index is -4.53. The van der Waals surface area contributed by atoms with Crippen molar-refractivity contribution < 1.29 is 17.7 Å². The maximum absolute atomic E-state index is 12.7. The first kappa shape index (κ1) is 18.9. The highest BCUT2D eigenvalue weighted by atomic mass is 19.4. The van der Waals surface area contributed by atoms with Crippen molar-refractivity contribution >= 4 is 0 Å². The molecule has 1 N–H and O–H groups in total. The molecule has 3 heterocycles. The minimum absolute atomic E-state index is 0.0456. The standard InChI is InChI=1S/C17H18F3N5O2/c1-9-7-12(17(18,19)20)23-25(9)8-13-22-14(24-27-13)10-5-6-11(16(2,3)4)21-15(10)26/h5-7H,8H2,1-4H3,(H,21,26). The third-order valence-corrected chi connectivity index (χ3v) is 3.98. The maximum atomic E-state index is 12.7. The molecule has 0 radical (unpaired) electrons. The van der Waals surface area contributed by atoms with Crippen molar-refractivity contribution in [1.82, 2.24) is 24.9 Å². The smallest absolute Gasteiger partial charge is 0.337 e. The first-order chi connectivity index (χ1) is 12.4. The third kappa shape index (κ3) is 3.93. The number of nitrogens with one attached hydrogen (secondary N) is 1. The molecular formula is C17H18F3N5O2. The van der Waals surface area contributed by atoms with Gasteiger partial charge < -0.3 is 9.51 Å². The summed E-state index contributed by atoms with van der Waals surface area (Å²) in [6.45, 7) is 7.26. The van der Waals surface area contributed by atoms with Crippen LogP contribution in [-0.2, 0) is 18.1 Å². The topological polar surface area (TPSA) is 89.6 Å². The molecule has 144 valence electrons. The highest BCUT2D eigenvalue weighted by Crippen LogP contribution is 2.28. The van der Waals surface area contributed by atoms with Crippen molar-refractivity contribution in [3.05, 3.63) is 51.5 Å². The largest absolute Gasteiger partial charge is 0.435 e. The number of hydrogen-bond acceptors (Lipinski definition) is 5. The molecule has 0 spiro atoms. The Kier molecular flexibility index (Phi) is 4.44. The number of hydrogen-bond donors (Lipinski definition) is 1. The van der Waals surface area contributed by atoms with Crippen molar-refractivity contribution in [2.24, 2.45) is 0 Å². The summed E-state index contributed by atoms with van der Waals surface area (Å²) in [6.07, 6.45) is -4.53. The van der Waals surface area contributed by atoms with Crippen molar-refractivity contribution in [3.63, 3.8) is 0 Å². The van der Waals surface area contributed by atoms with Gasteiger partial charge in [0, 0.05) is 16.8 Å². The molecule has 3 rings (SSSR count). The summed E-state index contributed by atoms with van der Waals surface area (Å²) >= 11 is 0. The summed E-state index contributed by atoms with van der Waals surface area (Å²) in [5.41, 5.74) is -0.320. The zero-order valence-corrected chi connectivity index (χ0v) is 15.2. The summed E-state index contributed by atoms with van der Waals surface area (Å²) < 4.78 is 44.4. The van der Waals surface area contributed by atoms with E-state index in [1.165, 1.54) is 6.92 Å². The quantitative estimate of drug-likeness (QED) is 0.752. The first-order valence-corrected chi connectivity index (χ1v) is 8.13. The molecule has 0 saturated heterocycles. The van der Waals surface area contributed by atoms with Gasteiger partial charge in [-0.3, -0.25) is 9.48 Å². The van der Waals surface area contributed by atoms with Gasteiger partial charge in [-0.1, -0.05) is 25.9 Å². The van der Waals surface area contributed by atoms with Crippen LogP contribution in [0.4, 0.5) is 13.2 Å². The predicted octanol–water partition coefficient (Wildman–Crippen LogP) is 3.29. The van der Waals surface area contributed by atoms with Crippen LogP contribution in [0.1, 0.15) is 43.7 Å². The number of aromatic amines is 1. The highest BCUT2D eigenvalue weighted by Gasteiger charge is 2.34. The molecule has 0 atom stereocenters. The first-order valence-electron chi connectivity index (χ1n) is 8.13. The van der Waals surface area contributed by atoms with E-state index >= 15 is 0 Å². The Labute approximate surface area is 152 Å². The van der Waals surface area contributed by atoms with Gasteiger partial charge >= 0.3 is 6.18 Å². The Morgan fingerprint density at radius 2 is 1.93 bits per heavy atom. The molecule has 0 aliphatic heterocycles. The Hall–Kier alpha value is -2.91. The van der Waals surface area contributed by atoms with E-state index < -0.39 is 11.9 Å². The monoisotopic (exact) mass is 381 g/mol. The number of alkyl halides is 3. The average molecular weight is 381 g/mol. The second-order valence-electron chi connectivity index (χ2n) is 7.20. The minimum Gasteiger partial charge on any atom is -0.337 e. The van der Waals surface area contributed by atoms with E-state index in [1.54, 1.807) is 12.1 Å². The molecule has 27 heavy (non-hydrogen) atoms. The summed E-state index contributed by atoms with van der Waals surface area (Å²) in [4.78, 5) is 19.2. The van der Waals surface area contributed by atoms with Crippen LogP contribution in [0.5, 0.6) is 0 Å². The van der Waals surface area contributed by atoms with Crippen LogP contribution >= 0.6 is 0 Å². The second kappa shape index (κ2) is 6.36. The Morgan fingerprint density at radius 1 is 1.22 bits per heavy atom. The lowest BCUT2D eigenvalue weighted by Crippen LogP contribution is -2.20. The number of rotatable bonds is 3. The van der Waals surface area contributed by atoms with Gasteiger partial charge in [0.1, 0.15) is 6.54 Å². The highest BCUT2D eigenvalue weighted by molar-refractivity contribution is 5.52. The van der Waals surface area contributed by atoms with E-state index in [1.807, 2.05) is 20.8 Å². The molecule has 0 aliphatic rings.